The van der Waals surface area contributed by atoms with Gasteiger partial charge in [0.05, 0.1) is 26.2 Å². The molecule has 0 saturated carbocycles. The van der Waals surface area contributed by atoms with Crippen LogP contribution in [0.1, 0.15) is 48.4 Å². The van der Waals surface area contributed by atoms with Crippen molar-refractivity contribution in [2.75, 3.05) is 14.2 Å². The summed E-state index contributed by atoms with van der Waals surface area (Å²) >= 11 is 0. The summed E-state index contributed by atoms with van der Waals surface area (Å²) in [7, 11) is -3.88. The van der Waals surface area contributed by atoms with E-state index in [1.54, 1.807) is 12.1 Å². The monoisotopic (exact) mass is 415 g/mol. The molecule has 0 bridgehead atoms. The second kappa shape index (κ2) is 8.53. The van der Waals surface area contributed by atoms with Gasteiger partial charge in [0.2, 0.25) is 10.0 Å². The number of hydrogen-bond donors (Lipinski definition) is 1. The van der Waals surface area contributed by atoms with Crippen LogP contribution in [0.4, 0.5) is 0 Å². The van der Waals surface area contributed by atoms with Crippen LogP contribution in [-0.4, -0.2) is 42.8 Å². The summed E-state index contributed by atoms with van der Waals surface area (Å²) < 4.78 is 38.6. The van der Waals surface area contributed by atoms with Gasteiger partial charge in [0.1, 0.15) is 13.5 Å². The molecule has 0 saturated heterocycles. The third-order valence-corrected chi connectivity index (χ3v) is 13.0. The quantitative estimate of drug-likeness (QED) is 0.543. The summed E-state index contributed by atoms with van der Waals surface area (Å²) in [4.78, 5) is 23.7. The molecule has 0 aliphatic heterocycles. The fraction of sp³-hybridized carbons (Fsp3) is 0.556. The number of nitrogens with one attached hydrogen (secondary N) is 1. The minimum Gasteiger partial charge on any atom is -0.469 e. The largest absolute Gasteiger partial charge is 0.469 e. The first-order chi connectivity index (χ1) is 12.2. The zero-order chi connectivity index (χ0) is 21.0. The van der Waals surface area contributed by atoms with Crippen molar-refractivity contribution in [3.63, 3.8) is 0 Å². The molecule has 152 valence electrons. The van der Waals surface area contributed by atoms with Crippen molar-refractivity contribution in [2.45, 2.75) is 50.6 Å². The summed E-state index contributed by atoms with van der Waals surface area (Å²) in [5, 5.41) is -1.41. The van der Waals surface area contributed by atoms with E-state index in [9.17, 15) is 18.0 Å². The van der Waals surface area contributed by atoms with E-state index >= 15 is 0 Å². The molecule has 9 heteroatoms. The molecule has 1 aromatic rings. The van der Waals surface area contributed by atoms with Gasteiger partial charge in [-0.1, -0.05) is 46.0 Å². The summed E-state index contributed by atoms with van der Waals surface area (Å²) in [6.07, 6.45) is -0.356. The zero-order valence-corrected chi connectivity index (χ0v) is 18.8. The molecular weight excluding hydrogens is 386 g/mol. The number of benzene rings is 1. The Morgan fingerprint density at radius 3 is 2.22 bits per heavy atom. The SMILES string of the molecule is COC(=O)CC(c1cccc(C(=O)OC)c1)S(=O)(=O)N[Si](C)(C)C(C)(C)C. The first-order valence-electron chi connectivity index (χ1n) is 8.53. The molecule has 0 aliphatic rings. The topological polar surface area (TPSA) is 98.8 Å². The molecule has 1 unspecified atom stereocenters. The number of carbonyl (C=O) groups excluding carboxylic acids is 2. The minimum atomic E-state index is -3.91. The number of ether oxygens (including phenoxy) is 2. The van der Waals surface area contributed by atoms with E-state index in [2.05, 4.69) is 9.12 Å². The molecule has 0 heterocycles. The van der Waals surface area contributed by atoms with Crippen LogP contribution in [0.5, 0.6) is 0 Å². The Bertz CT molecular complexity index is 798. The molecule has 1 rings (SSSR count). The molecule has 7 nitrogen and oxygen atoms in total. The normalized spacial score (nSPS) is 13.7. The van der Waals surface area contributed by atoms with E-state index in [1.165, 1.54) is 26.4 Å². The van der Waals surface area contributed by atoms with Crippen molar-refractivity contribution in [3.8, 4) is 0 Å². The van der Waals surface area contributed by atoms with Gasteiger partial charge >= 0.3 is 11.9 Å². The number of rotatable bonds is 7. The van der Waals surface area contributed by atoms with Gasteiger partial charge in [-0.25, -0.2) is 17.6 Å². The fourth-order valence-electron chi connectivity index (χ4n) is 2.21. The standard InChI is InChI=1S/C18H29NO6SSi/c1-18(2,3)27(6,7)19-26(22,23)15(12-16(20)24-4)13-9-8-10-14(11-13)17(21)25-5/h8-11,15,19H,12H2,1-7H3. The smallest absolute Gasteiger partial charge is 0.337 e. The summed E-state index contributed by atoms with van der Waals surface area (Å²) in [5.41, 5.74) is 0.543. The average molecular weight is 416 g/mol. The van der Waals surface area contributed by atoms with E-state index in [0.717, 1.165) is 0 Å². The van der Waals surface area contributed by atoms with Crippen LogP contribution in [0.25, 0.3) is 0 Å². The van der Waals surface area contributed by atoms with Gasteiger partial charge in [-0.2, -0.15) is 0 Å². The Balaban J connectivity index is 3.41. The maximum atomic E-state index is 13.2. The molecule has 0 fully saturated rings. The van der Waals surface area contributed by atoms with E-state index in [1.807, 2.05) is 33.9 Å². The zero-order valence-electron chi connectivity index (χ0n) is 17.0. The van der Waals surface area contributed by atoms with E-state index < -0.39 is 35.4 Å². The molecule has 0 aliphatic carbocycles. The average Bonchev–Trinajstić information content (AvgIpc) is 2.56. The van der Waals surface area contributed by atoms with Gasteiger partial charge in [0.25, 0.3) is 0 Å². The van der Waals surface area contributed by atoms with Gasteiger partial charge in [0.15, 0.2) is 0 Å². The van der Waals surface area contributed by atoms with Crippen LogP contribution < -0.4 is 4.39 Å². The van der Waals surface area contributed by atoms with Gasteiger partial charge in [-0.3, -0.25) is 4.79 Å². The second-order valence-corrected chi connectivity index (χ2v) is 15.1. The lowest BCUT2D eigenvalue weighted by Crippen LogP contribution is -2.55. The van der Waals surface area contributed by atoms with Crippen LogP contribution in [0, 0.1) is 0 Å². The number of hydrogen-bond acceptors (Lipinski definition) is 6. The van der Waals surface area contributed by atoms with Crippen LogP contribution >= 0.6 is 0 Å². The van der Waals surface area contributed by atoms with E-state index in [-0.39, 0.29) is 17.0 Å². The number of esters is 2. The van der Waals surface area contributed by atoms with Crippen molar-refractivity contribution in [2.24, 2.45) is 0 Å². The lowest BCUT2D eigenvalue weighted by molar-refractivity contribution is -0.140. The third kappa shape index (κ3) is 5.88. The molecule has 0 aromatic heterocycles. The third-order valence-electron chi connectivity index (χ3n) is 4.91. The molecule has 27 heavy (non-hydrogen) atoms. The summed E-state index contributed by atoms with van der Waals surface area (Å²) in [6.45, 7) is 9.79. The highest BCUT2D eigenvalue weighted by atomic mass is 32.2. The van der Waals surface area contributed by atoms with Crippen LogP contribution in [-0.2, 0) is 24.3 Å². The predicted octanol–water partition coefficient (Wildman–Crippen LogP) is 3.00. The first-order valence-corrected chi connectivity index (χ1v) is 13.1. The van der Waals surface area contributed by atoms with Gasteiger partial charge in [-0.15, -0.1) is 0 Å². The Morgan fingerprint density at radius 2 is 1.74 bits per heavy atom. The summed E-state index contributed by atoms with van der Waals surface area (Å²) in [6, 6.07) is 6.10. The molecule has 0 spiro atoms. The molecule has 1 N–H and O–H groups in total. The number of methoxy groups -OCH3 is 2. The van der Waals surface area contributed by atoms with Gasteiger partial charge in [0, 0.05) is 0 Å². The highest BCUT2D eigenvalue weighted by Gasteiger charge is 2.42. The van der Waals surface area contributed by atoms with Crippen molar-refractivity contribution < 1.29 is 27.5 Å². The fourth-order valence-corrected chi connectivity index (χ4v) is 7.70. The molecular formula is C18H29NO6SSi. The Hall–Kier alpha value is -1.71. The van der Waals surface area contributed by atoms with E-state index in [0.29, 0.717) is 5.56 Å². The van der Waals surface area contributed by atoms with E-state index in [4.69, 9.17) is 4.74 Å². The number of carbonyl (C=O) groups is 2. The van der Waals surface area contributed by atoms with Crippen molar-refractivity contribution in [1.82, 2.24) is 4.39 Å². The molecule has 1 atom stereocenters. The maximum absolute atomic E-state index is 13.2. The van der Waals surface area contributed by atoms with Crippen molar-refractivity contribution in [1.29, 1.82) is 0 Å². The second-order valence-electron chi connectivity index (χ2n) is 7.91. The highest BCUT2D eigenvalue weighted by Crippen LogP contribution is 2.36. The molecule has 1 aromatic carbocycles. The minimum absolute atomic E-state index is 0.215. The van der Waals surface area contributed by atoms with Crippen LogP contribution in [0.15, 0.2) is 24.3 Å². The summed E-state index contributed by atoms with van der Waals surface area (Å²) in [5.74, 6) is -1.23. The Morgan fingerprint density at radius 1 is 1.15 bits per heavy atom. The highest BCUT2D eigenvalue weighted by molar-refractivity contribution is 7.91. The molecule has 0 amide bonds. The Kier molecular flexibility index (Phi) is 7.37. The van der Waals surface area contributed by atoms with Crippen molar-refractivity contribution >= 4 is 30.2 Å². The van der Waals surface area contributed by atoms with Crippen LogP contribution in [0.2, 0.25) is 18.1 Å². The van der Waals surface area contributed by atoms with Gasteiger partial charge in [-0.05, 0) is 22.7 Å². The Labute approximate surface area is 162 Å². The lowest BCUT2D eigenvalue weighted by atomic mass is 10.1. The molecule has 0 radical (unpaired) electrons. The van der Waals surface area contributed by atoms with Gasteiger partial charge < -0.3 is 9.47 Å². The first kappa shape index (κ1) is 23.3. The van der Waals surface area contributed by atoms with Crippen LogP contribution in [0.3, 0.4) is 0 Å². The van der Waals surface area contributed by atoms with Crippen molar-refractivity contribution in [3.05, 3.63) is 35.4 Å². The number of sulfonamides is 1. The predicted molar refractivity (Wildman–Crippen MR) is 106 cm³/mol. The lowest BCUT2D eigenvalue weighted by Gasteiger charge is -2.37. The maximum Gasteiger partial charge on any atom is 0.337 e.